The minimum atomic E-state index is -3.42. The van der Waals surface area contributed by atoms with Crippen LogP contribution in [0.25, 0.3) is 0 Å². The molecule has 0 unspecified atom stereocenters. The van der Waals surface area contributed by atoms with Gasteiger partial charge in [-0.3, -0.25) is 4.79 Å². The zero-order valence-corrected chi connectivity index (χ0v) is 20.1. The molecule has 0 radical (unpaired) electrons. The van der Waals surface area contributed by atoms with Gasteiger partial charge < -0.3 is 10.0 Å². The maximum atomic E-state index is 13.3. The number of amides is 1. The van der Waals surface area contributed by atoms with E-state index >= 15 is 0 Å². The van der Waals surface area contributed by atoms with Gasteiger partial charge in [0.2, 0.25) is 5.91 Å². The summed E-state index contributed by atoms with van der Waals surface area (Å²) >= 11 is 0. The van der Waals surface area contributed by atoms with E-state index in [1.807, 2.05) is 17.0 Å². The molecule has 1 spiro atoms. The molecule has 1 amide bonds. The summed E-state index contributed by atoms with van der Waals surface area (Å²) in [4.78, 5) is 15.2. The van der Waals surface area contributed by atoms with Crippen LogP contribution in [0.2, 0.25) is 0 Å². The van der Waals surface area contributed by atoms with Gasteiger partial charge in [-0.05, 0) is 76.0 Å². The van der Waals surface area contributed by atoms with Crippen LogP contribution in [0.4, 0.5) is 5.69 Å². The lowest BCUT2D eigenvalue weighted by molar-refractivity contribution is -0.130. The molecule has 0 aromatic heterocycles. The first kappa shape index (κ1) is 23.3. The van der Waals surface area contributed by atoms with E-state index in [1.165, 1.54) is 5.56 Å². The van der Waals surface area contributed by atoms with Gasteiger partial charge in [0.15, 0.2) is 9.84 Å². The third-order valence-corrected chi connectivity index (χ3v) is 9.87. The molecule has 1 saturated carbocycles. The van der Waals surface area contributed by atoms with Crippen LogP contribution >= 0.6 is 0 Å². The van der Waals surface area contributed by atoms with Crippen LogP contribution in [0, 0.1) is 5.41 Å². The Kier molecular flexibility index (Phi) is 5.69. The summed E-state index contributed by atoms with van der Waals surface area (Å²) < 4.78 is 24.3. The normalized spacial score (nSPS) is 28.4. The van der Waals surface area contributed by atoms with Crippen LogP contribution in [0.5, 0.6) is 0 Å². The number of benzene rings is 1. The Hall–Kier alpha value is -1.40. The molecule has 1 saturated heterocycles. The molecule has 0 atom stereocenters. The van der Waals surface area contributed by atoms with Gasteiger partial charge in [0.1, 0.15) is 0 Å². The molecule has 1 aliphatic carbocycles. The third kappa shape index (κ3) is 4.31. The number of hydrogen-bond acceptors (Lipinski definition) is 4. The van der Waals surface area contributed by atoms with Crippen molar-refractivity contribution in [2.75, 3.05) is 17.2 Å². The van der Waals surface area contributed by atoms with Crippen molar-refractivity contribution in [2.24, 2.45) is 5.41 Å². The Labute approximate surface area is 181 Å². The molecule has 3 rings (SSSR count). The van der Waals surface area contributed by atoms with Crippen molar-refractivity contribution in [1.29, 1.82) is 0 Å². The first-order valence-electron chi connectivity index (χ1n) is 11.0. The van der Waals surface area contributed by atoms with Crippen LogP contribution in [0.3, 0.4) is 0 Å². The average Bonchev–Trinajstić information content (AvgIpc) is 2.93. The van der Waals surface area contributed by atoms with Crippen molar-refractivity contribution < 1.29 is 18.3 Å². The quantitative estimate of drug-likeness (QED) is 0.771. The standard InChI is InChI=1S/C24H37NO4S/c1-21(2,3)18-7-9-19(10-8-18)25-16-15-23(20(25)26)11-13-24(27,14-12-23)17-30(28,29)22(4,5)6/h7-10,27H,11-17H2,1-6H3. The van der Waals surface area contributed by atoms with E-state index in [4.69, 9.17) is 0 Å². The minimum absolute atomic E-state index is 0.0655. The van der Waals surface area contributed by atoms with Gasteiger partial charge in [0.25, 0.3) is 0 Å². The van der Waals surface area contributed by atoms with Gasteiger partial charge >= 0.3 is 0 Å². The van der Waals surface area contributed by atoms with E-state index in [0.717, 1.165) is 12.1 Å². The topological polar surface area (TPSA) is 74.7 Å². The summed E-state index contributed by atoms with van der Waals surface area (Å²) in [5, 5.41) is 11.0. The van der Waals surface area contributed by atoms with Gasteiger partial charge in [-0.1, -0.05) is 32.9 Å². The van der Waals surface area contributed by atoms with Crippen molar-refractivity contribution >= 4 is 21.4 Å². The van der Waals surface area contributed by atoms with Gasteiger partial charge in [-0.25, -0.2) is 8.42 Å². The van der Waals surface area contributed by atoms with Crippen molar-refractivity contribution in [1.82, 2.24) is 0 Å². The number of carbonyl (C=O) groups is 1. The summed E-state index contributed by atoms with van der Waals surface area (Å²) in [7, 11) is -3.42. The van der Waals surface area contributed by atoms with E-state index in [-0.39, 0.29) is 17.1 Å². The molecular weight excluding hydrogens is 398 g/mol. The van der Waals surface area contributed by atoms with Gasteiger partial charge in [-0.15, -0.1) is 0 Å². The first-order valence-corrected chi connectivity index (χ1v) is 12.6. The fourth-order valence-electron chi connectivity index (χ4n) is 4.58. The van der Waals surface area contributed by atoms with Crippen molar-refractivity contribution in [3.63, 3.8) is 0 Å². The second-order valence-corrected chi connectivity index (χ2v) is 14.1. The largest absolute Gasteiger partial charge is 0.389 e. The van der Waals surface area contributed by atoms with Crippen molar-refractivity contribution in [3.8, 4) is 0 Å². The fraction of sp³-hybridized carbons (Fsp3) is 0.708. The monoisotopic (exact) mass is 435 g/mol. The summed E-state index contributed by atoms with van der Waals surface area (Å²) in [5.74, 6) is -0.113. The molecule has 2 aliphatic rings. The van der Waals surface area contributed by atoms with Crippen LogP contribution < -0.4 is 4.90 Å². The van der Waals surface area contributed by atoms with E-state index in [0.29, 0.717) is 32.2 Å². The molecule has 5 nitrogen and oxygen atoms in total. The molecule has 1 heterocycles. The minimum Gasteiger partial charge on any atom is -0.389 e. The Bertz CT molecular complexity index is 896. The number of hydrogen-bond donors (Lipinski definition) is 1. The van der Waals surface area contributed by atoms with Crippen LogP contribution in [0.1, 0.15) is 79.2 Å². The first-order chi connectivity index (χ1) is 13.6. The second-order valence-electron chi connectivity index (χ2n) is 11.4. The summed E-state index contributed by atoms with van der Waals surface area (Å²) in [6.07, 6.45) is 2.54. The molecule has 2 fully saturated rings. The second kappa shape index (κ2) is 7.33. The smallest absolute Gasteiger partial charge is 0.233 e. The molecule has 1 N–H and O–H groups in total. The SMILES string of the molecule is CC(C)(C)c1ccc(N2CCC3(CCC(O)(CS(=O)(=O)C(C)(C)C)CC3)C2=O)cc1. The van der Waals surface area contributed by atoms with E-state index in [1.54, 1.807) is 20.8 Å². The predicted octanol–water partition coefficient (Wildman–Crippen LogP) is 4.23. The molecule has 0 bridgehead atoms. The number of carbonyl (C=O) groups excluding carboxylic acids is 1. The Morgan fingerprint density at radius 1 is 0.933 bits per heavy atom. The highest BCUT2D eigenvalue weighted by molar-refractivity contribution is 7.92. The van der Waals surface area contributed by atoms with Crippen LogP contribution in [-0.2, 0) is 20.0 Å². The van der Waals surface area contributed by atoms with Crippen LogP contribution in [0.15, 0.2) is 24.3 Å². The number of aliphatic hydroxyl groups is 1. The van der Waals surface area contributed by atoms with Gasteiger partial charge in [0, 0.05) is 12.2 Å². The Balaban J connectivity index is 1.71. The molecule has 1 aromatic carbocycles. The lowest BCUT2D eigenvalue weighted by Gasteiger charge is -2.41. The van der Waals surface area contributed by atoms with Crippen molar-refractivity contribution in [3.05, 3.63) is 29.8 Å². The Morgan fingerprint density at radius 3 is 1.93 bits per heavy atom. The molecule has 30 heavy (non-hydrogen) atoms. The average molecular weight is 436 g/mol. The van der Waals surface area contributed by atoms with Crippen LogP contribution in [-0.4, -0.2) is 42.1 Å². The van der Waals surface area contributed by atoms with E-state index < -0.39 is 25.6 Å². The molecule has 1 aliphatic heterocycles. The number of nitrogens with zero attached hydrogens (tertiary/aromatic N) is 1. The summed E-state index contributed by atoms with van der Waals surface area (Å²) in [6.45, 7) is 12.2. The number of rotatable bonds is 3. The highest BCUT2D eigenvalue weighted by atomic mass is 32.2. The lowest BCUT2D eigenvalue weighted by atomic mass is 9.68. The van der Waals surface area contributed by atoms with Gasteiger partial charge in [0.05, 0.1) is 21.5 Å². The highest BCUT2D eigenvalue weighted by Crippen LogP contribution is 2.49. The summed E-state index contributed by atoms with van der Waals surface area (Å²) in [6, 6.07) is 8.22. The maximum absolute atomic E-state index is 13.3. The highest BCUT2D eigenvalue weighted by Gasteiger charge is 2.53. The van der Waals surface area contributed by atoms with E-state index in [9.17, 15) is 18.3 Å². The fourth-order valence-corrected chi connectivity index (χ4v) is 6.01. The number of sulfone groups is 1. The molecule has 6 heteroatoms. The summed E-state index contributed by atoms with van der Waals surface area (Å²) in [5.41, 5.74) is 0.506. The Morgan fingerprint density at radius 2 is 1.47 bits per heavy atom. The zero-order chi connectivity index (χ0) is 22.6. The lowest BCUT2D eigenvalue weighted by Crippen LogP contribution is -2.49. The van der Waals surface area contributed by atoms with Gasteiger partial charge in [-0.2, -0.15) is 0 Å². The van der Waals surface area contributed by atoms with Crippen molar-refractivity contribution in [2.45, 2.75) is 89.4 Å². The number of anilines is 1. The third-order valence-electron chi connectivity index (χ3n) is 7.09. The molecular formula is C24H37NO4S. The zero-order valence-electron chi connectivity index (χ0n) is 19.3. The maximum Gasteiger partial charge on any atom is 0.233 e. The molecule has 1 aromatic rings. The predicted molar refractivity (Wildman–Crippen MR) is 122 cm³/mol. The van der Waals surface area contributed by atoms with E-state index in [2.05, 4.69) is 32.9 Å². The molecule has 168 valence electrons.